The van der Waals surface area contributed by atoms with Crippen molar-refractivity contribution in [2.24, 2.45) is 10.3 Å². The van der Waals surface area contributed by atoms with Gasteiger partial charge in [0.25, 0.3) is 0 Å². The quantitative estimate of drug-likeness (QED) is 0.0339. The summed E-state index contributed by atoms with van der Waals surface area (Å²) < 4.78 is 17.4. The van der Waals surface area contributed by atoms with Crippen LogP contribution in [0.15, 0.2) is 227 Å². The summed E-state index contributed by atoms with van der Waals surface area (Å²) in [5, 5.41) is 16.0. The highest BCUT2D eigenvalue weighted by molar-refractivity contribution is 7.12. The highest BCUT2D eigenvalue weighted by Gasteiger charge is 2.21. The Hall–Kier alpha value is -10.8. The molecule has 8 aromatic carbocycles. The normalized spacial score (nSPS) is 11.8. The molecule has 0 saturated carbocycles. The molecule has 0 atom stereocenters. The highest BCUT2D eigenvalue weighted by Crippen LogP contribution is 2.36. The third-order valence-corrected chi connectivity index (χ3v) is 15.5. The molecule has 0 unspecified atom stereocenters. The van der Waals surface area contributed by atoms with Gasteiger partial charge in [-0.1, -0.05) is 83.1 Å². The summed E-state index contributed by atoms with van der Waals surface area (Å²) in [6, 6.07) is 64.3. The number of hydrogen-bond acceptors (Lipinski definition) is 12. The number of carbonyl (C=O) groups excluding carboxylic acids is 5. The summed E-state index contributed by atoms with van der Waals surface area (Å²) in [7, 11) is 0. The van der Waals surface area contributed by atoms with Gasteiger partial charge in [0.15, 0.2) is 11.5 Å². The van der Waals surface area contributed by atoms with E-state index in [9.17, 15) is 24.0 Å². The van der Waals surface area contributed by atoms with Crippen LogP contribution < -0.4 is 0 Å². The zero-order valence-electron chi connectivity index (χ0n) is 45.9. The van der Waals surface area contributed by atoms with Crippen LogP contribution in [0, 0.1) is 0 Å². The Balaban J connectivity index is 0.000000181. The Morgan fingerprint density at radius 1 is 0.464 bits per heavy atom. The first-order chi connectivity index (χ1) is 40.9. The summed E-state index contributed by atoms with van der Waals surface area (Å²) in [5.41, 5.74) is 12.3. The molecule has 0 N–H and O–H groups in total. The predicted molar refractivity (Wildman–Crippen MR) is 329 cm³/mol. The SMILES string of the molecule is CC(=O)O/N=C(\C)c1ccc2c(c1)c1ccccc1n2-c1ccc(C(=O)c2ccco2)cc1.CCn1c2ccccc2c2cc(C(=O)c3ccc(-n4c5ccccc5c5cc(C(COC(=O)c6cccs6)=NOC(C)=O)ccc54)cc3)ccc21. The maximum atomic E-state index is 13.8. The van der Waals surface area contributed by atoms with Crippen molar-refractivity contribution in [1.82, 2.24) is 13.7 Å². The molecule has 0 amide bonds. The van der Waals surface area contributed by atoms with Crippen LogP contribution in [0.5, 0.6) is 0 Å². The number of ether oxygens (including phenoxy) is 1. The molecule has 15 heteroatoms. The number of furan rings is 1. The Morgan fingerprint density at radius 3 is 1.51 bits per heavy atom. The van der Waals surface area contributed by atoms with Crippen molar-refractivity contribution < 1.29 is 42.8 Å². The lowest BCUT2D eigenvalue weighted by molar-refractivity contribution is -0.141. The average molecular weight is 1130 g/mol. The number of nitrogens with zero attached hydrogens (tertiary/aromatic N) is 5. The van der Waals surface area contributed by atoms with Crippen LogP contribution in [-0.2, 0) is 30.5 Å². The standard InChI is InChI=1S/C42H31N3O5S.C27H20N2O4/c1-3-44-36-11-6-4-9-31(36)33-24-29(17-20-37(33)44)41(47)27-14-18-30(19-15-27)45-38-12-7-5-10-32(38)34-23-28(16-21-39(34)45)35(43-50-26(2)46)25-49-42(48)40-13-8-22-51-40;1-17(28-33-18(2)30)20-11-14-25-23(16-20)22-6-3-4-7-24(22)29(25)21-12-9-19(10-13-21)27(31)26-8-5-15-32-26/h4-24H,3,25H2,1-2H3;3-16H,1-2H3/b;28-17+. The third kappa shape index (κ3) is 10.4. The van der Waals surface area contributed by atoms with Gasteiger partial charge in [-0.2, -0.15) is 0 Å². The number of esters is 1. The van der Waals surface area contributed by atoms with Gasteiger partial charge in [-0.3, -0.25) is 9.59 Å². The van der Waals surface area contributed by atoms with Crippen molar-refractivity contribution in [3.63, 3.8) is 0 Å². The smallest absolute Gasteiger partial charge is 0.348 e. The maximum absolute atomic E-state index is 13.8. The molecule has 13 rings (SSSR count). The van der Waals surface area contributed by atoms with Gasteiger partial charge >= 0.3 is 17.9 Å². The van der Waals surface area contributed by atoms with Crippen LogP contribution in [0.3, 0.4) is 0 Å². The van der Waals surface area contributed by atoms with Gasteiger partial charge in [0.1, 0.15) is 17.2 Å². The fourth-order valence-electron chi connectivity index (χ4n) is 10.7. The maximum Gasteiger partial charge on any atom is 0.348 e. The van der Waals surface area contributed by atoms with E-state index in [1.807, 2.05) is 152 Å². The van der Waals surface area contributed by atoms with Crippen molar-refractivity contribution in [3.05, 3.63) is 250 Å². The summed E-state index contributed by atoms with van der Waals surface area (Å²) in [5.74, 6) is -1.39. The Kier molecular flexibility index (Phi) is 14.7. The van der Waals surface area contributed by atoms with Gasteiger partial charge in [0, 0.05) is 97.4 Å². The number of hydrogen-bond donors (Lipinski definition) is 0. The molecule has 5 heterocycles. The van der Waals surface area contributed by atoms with E-state index in [1.54, 1.807) is 36.6 Å². The van der Waals surface area contributed by atoms with E-state index >= 15 is 0 Å². The van der Waals surface area contributed by atoms with Gasteiger partial charge in [-0.15, -0.1) is 11.3 Å². The number of fused-ring (bicyclic) bond motifs is 9. The molecule has 0 aliphatic carbocycles. The van der Waals surface area contributed by atoms with Crippen LogP contribution >= 0.6 is 11.3 Å². The monoisotopic (exact) mass is 1130 g/mol. The van der Waals surface area contributed by atoms with Gasteiger partial charge in [-0.25, -0.2) is 14.4 Å². The van der Waals surface area contributed by atoms with Crippen molar-refractivity contribution >= 4 is 118 Å². The van der Waals surface area contributed by atoms with Crippen LogP contribution in [0.2, 0.25) is 0 Å². The van der Waals surface area contributed by atoms with Gasteiger partial charge in [0.05, 0.1) is 34.0 Å². The molecule has 5 aromatic heterocycles. The Labute approximate surface area is 484 Å². The lowest BCUT2D eigenvalue weighted by atomic mass is 10.0. The summed E-state index contributed by atoms with van der Waals surface area (Å²) >= 11 is 1.28. The van der Waals surface area contributed by atoms with E-state index < -0.39 is 17.9 Å². The first-order valence-corrected chi connectivity index (χ1v) is 27.9. The zero-order valence-corrected chi connectivity index (χ0v) is 46.8. The molecular weight excluding hydrogens is 1070 g/mol. The largest absolute Gasteiger partial charge is 0.461 e. The summed E-state index contributed by atoms with van der Waals surface area (Å²) in [4.78, 5) is 72.0. The first kappa shape index (κ1) is 53.9. The molecule has 0 saturated heterocycles. The van der Waals surface area contributed by atoms with Crippen LogP contribution in [0.25, 0.3) is 76.8 Å². The molecule has 0 aliphatic heterocycles. The number of benzene rings is 8. The Bertz CT molecular complexity index is 4780. The van der Waals surface area contributed by atoms with Gasteiger partial charge < -0.3 is 32.5 Å². The van der Waals surface area contributed by atoms with Gasteiger partial charge in [0.2, 0.25) is 5.78 Å². The minimum atomic E-state index is -0.582. The van der Waals surface area contributed by atoms with Gasteiger partial charge in [-0.05, 0) is 152 Å². The Morgan fingerprint density at radius 2 is 0.940 bits per heavy atom. The van der Waals surface area contributed by atoms with E-state index in [-0.39, 0.29) is 18.2 Å². The van der Waals surface area contributed by atoms with E-state index in [1.165, 1.54) is 31.4 Å². The van der Waals surface area contributed by atoms with E-state index in [0.29, 0.717) is 44.3 Å². The molecule has 0 fully saturated rings. The molecule has 412 valence electrons. The first-order valence-electron chi connectivity index (χ1n) is 27.0. The second kappa shape index (κ2) is 23.0. The molecular formula is C69H51N5O9S. The molecule has 13 aromatic rings. The number of aryl methyl sites for hydroxylation is 1. The van der Waals surface area contributed by atoms with Crippen molar-refractivity contribution in [2.75, 3.05) is 6.61 Å². The number of oxime groups is 2. The number of carbonyl (C=O) groups is 5. The second-order valence-electron chi connectivity index (χ2n) is 19.8. The van der Waals surface area contributed by atoms with E-state index in [2.05, 4.69) is 55.2 Å². The predicted octanol–water partition coefficient (Wildman–Crippen LogP) is 15.2. The molecule has 0 bridgehead atoms. The lowest BCUT2D eigenvalue weighted by Gasteiger charge is -2.10. The minimum absolute atomic E-state index is 0.0389. The molecule has 0 radical (unpaired) electrons. The van der Waals surface area contributed by atoms with Crippen molar-refractivity contribution in [2.45, 2.75) is 34.2 Å². The molecule has 0 spiro atoms. The summed E-state index contributed by atoms with van der Waals surface area (Å²) in [6.45, 7) is 7.18. The van der Waals surface area contributed by atoms with E-state index in [0.717, 1.165) is 88.9 Å². The van der Waals surface area contributed by atoms with Crippen LogP contribution in [0.4, 0.5) is 0 Å². The minimum Gasteiger partial charge on any atom is -0.461 e. The lowest BCUT2D eigenvalue weighted by Crippen LogP contribution is -2.15. The van der Waals surface area contributed by atoms with E-state index in [4.69, 9.17) is 18.8 Å². The molecule has 14 nitrogen and oxygen atoms in total. The number of ketones is 2. The fraction of sp³-hybridized carbons (Fsp3) is 0.0870. The average Bonchev–Trinajstić information content (AvgIpc) is 2.30. The molecule has 0 aliphatic rings. The highest BCUT2D eigenvalue weighted by atomic mass is 32.1. The van der Waals surface area contributed by atoms with Crippen LogP contribution in [0.1, 0.15) is 80.5 Å². The van der Waals surface area contributed by atoms with Crippen LogP contribution in [-0.4, -0.2) is 61.2 Å². The van der Waals surface area contributed by atoms with Crippen molar-refractivity contribution in [3.8, 4) is 11.4 Å². The number of aromatic nitrogens is 3. The number of rotatable bonds is 14. The number of thiophene rings is 1. The zero-order chi connectivity index (χ0) is 58.0. The van der Waals surface area contributed by atoms with Crippen molar-refractivity contribution in [1.29, 1.82) is 0 Å². The topological polar surface area (TPSA) is 166 Å². The molecule has 84 heavy (non-hydrogen) atoms. The second-order valence-corrected chi connectivity index (χ2v) is 20.8. The summed E-state index contributed by atoms with van der Waals surface area (Å²) in [6.07, 6.45) is 1.49. The fourth-order valence-corrected chi connectivity index (χ4v) is 11.4. The third-order valence-electron chi connectivity index (χ3n) is 14.6. The number of para-hydroxylation sites is 3.